The second-order valence-corrected chi connectivity index (χ2v) is 6.94. The number of benzene rings is 1. The van der Waals surface area contributed by atoms with E-state index in [0.29, 0.717) is 5.65 Å². The first-order valence-electron chi connectivity index (χ1n) is 5.53. The molecule has 0 N–H and O–H groups in total. The minimum absolute atomic E-state index is 0.258. The van der Waals surface area contributed by atoms with Crippen molar-refractivity contribution >= 4 is 43.6 Å². The number of nitrogens with zero attached hydrogens (tertiary/aromatic N) is 2. The third kappa shape index (κ3) is 2.04. The maximum atomic E-state index is 12.6. The summed E-state index contributed by atoms with van der Waals surface area (Å²) in [4.78, 5) is 4.43. The normalized spacial score (nSPS) is 11.8. The van der Waals surface area contributed by atoms with E-state index in [2.05, 4.69) is 27.6 Å². The number of hydrogen-bond donors (Lipinski definition) is 0. The van der Waals surface area contributed by atoms with E-state index in [-0.39, 0.29) is 4.90 Å². The summed E-state index contributed by atoms with van der Waals surface area (Å²) in [6.07, 6.45) is 3.19. The highest BCUT2D eigenvalue weighted by Crippen LogP contribution is 2.25. The molecule has 0 spiro atoms. The zero-order valence-corrected chi connectivity index (χ0v) is 12.7. The van der Waals surface area contributed by atoms with Gasteiger partial charge >= 0.3 is 0 Å². The van der Waals surface area contributed by atoms with Crippen LogP contribution in [-0.4, -0.2) is 17.4 Å². The molecule has 0 unspecified atom stereocenters. The number of fused-ring (bicyclic) bond motifs is 1. The molecule has 0 radical (unpaired) electrons. The lowest BCUT2D eigenvalue weighted by Gasteiger charge is -2.06. The summed E-state index contributed by atoms with van der Waals surface area (Å²) in [5, 5.41) is 0.836. The van der Waals surface area contributed by atoms with E-state index in [9.17, 15) is 8.42 Å². The van der Waals surface area contributed by atoms with Crippen molar-refractivity contribution in [2.24, 2.45) is 0 Å². The van der Waals surface area contributed by atoms with Crippen LogP contribution >= 0.6 is 22.6 Å². The number of aromatic nitrogens is 2. The van der Waals surface area contributed by atoms with Crippen molar-refractivity contribution in [2.45, 2.75) is 4.90 Å². The first-order chi connectivity index (χ1) is 9.10. The summed E-state index contributed by atoms with van der Waals surface area (Å²) < 4.78 is 27.3. The Morgan fingerprint density at radius 2 is 1.79 bits per heavy atom. The molecule has 0 aliphatic heterocycles. The first kappa shape index (κ1) is 12.6. The van der Waals surface area contributed by atoms with Crippen molar-refractivity contribution in [3.05, 3.63) is 58.4 Å². The van der Waals surface area contributed by atoms with E-state index in [1.54, 1.807) is 48.8 Å². The van der Waals surface area contributed by atoms with Gasteiger partial charge in [0.05, 0.1) is 4.90 Å². The molecule has 1 aromatic carbocycles. The molecule has 0 saturated heterocycles. The molecule has 19 heavy (non-hydrogen) atoms. The predicted octanol–water partition coefficient (Wildman–Crippen LogP) is 2.88. The lowest BCUT2D eigenvalue weighted by atomic mass is 10.3. The molecule has 2 heterocycles. The van der Waals surface area contributed by atoms with Crippen LogP contribution in [0.2, 0.25) is 0 Å². The summed E-state index contributed by atoms with van der Waals surface area (Å²) >= 11 is 2.11. The van der Waals surface area contributed by atoms with Crippen molar-refractivity contribution in [2.75, 3.05) is 0 Å². The van der Waals surface area contributed by atoms with Crippen molar-refractivity contribution < 1.29 is 8.42 Å². The smallest absolute Gasteiger partial charge is 0.237 e. The largest absolute Gasteiger partial charge is 0.269 e. The summed E-state index contributed by atoms with van der Waals surface area (Å²) in [7, 11) is -3.60. The van der Waals surface area contributed by atoms with Gasteiger partial charge in [-0.25, -0.2) is 17.4 Å². The molecule has 0 saturated carbocycles. The molecule has 3 aromatic rings. The van der Waals surface area contributed by atoms with Gasteiger partial charge < -0.3 is 0 Å². The zero-order chi connectivity index (χ0) is 13.5. The summed E-state index contributed by atoms with van der Waals surface area (Å²) in [5.41, 5.74) is 0.454. The first-order valence-corrected chi connectivity index (χ1v) is 8.05. The molecule has 0 bridgehead atoms. The topological polar surface area (TPSA) is 52.0 Å². The van der Waals surface area contributed by atoms with Crippen molar-refractivity contribution in [1.82, 2.24) is 8.96 Å². The van der Waals surface area contributed by atoms with Crippen LogP contribution in [0.15, 0.2) is 59.8 Å². The van der Waals surface area contributed by atoms with Gasteiger partial charge in [-0.1, -0.05) is 18.2 Å². The molecule has 0 aliphatic rings. The SMILES string of the molecule is O=S(=O)(c1ccccc1)n1cc(I)c2cccnc21. The fraction of sp³-hybridized carbons (Fsp3) is 0. The molecule has 2 aromatic heterocycles. The Morgan fingerprint density at radius 3 is 2.53 bits per heavy atom. The average Bonchev–Trinajstić information content (AvgIpc) is 2.79. The quantitative estimate of drug-likeness (QED) is 0.639. The maximum absolute atomic E-state index is 12.6. The van der Waals surface area contributed by atoms with E-state index in [4.69, 9.17) is 0 Å². The van der Waals surface area contributed by atoms with E-state index in [1.165, 1.54) is 3.97 Å². The van der Waals surface area contributed by atoms with Crippen LogP contribution in [0.4, 0.5) is 0 Å². The lowest BCUT2D eigenvalue weighted by Crippen LogP contribution is -2.12. The van der Waals surface area contributed by atoms with Crippen LogP contribution in [0.5, 0.6) is 0 Å². The molecule has 0 atom stereocenters. The Bertz CT molecular complexity index is 841. The molecular weight excluding hydrogens is 375 g/mol. The third-order valence-electron chi connectivity index (χ3n) is 2.78. The second kappa shape index (κ2) is 4.61. The van der Waals surface area contributed by atoms with E-state index >= 15 is 0 Å². The predicted molar refractivity (Wildman–Crippen MR) is 81.5 cm³/mol. The van der Waals surface area contributed by atoms with Crippen LogP contribution in [0.3, 0.4) is 0 Å². The van der Waals surface area contributed by atoms with E-state index in [1.807, 2.05) is 6.07 Å². The van der Waals surface area contributed by atoms with Gasteiger partial charge in [-0.3, -0.25) is 0 Å². The Hall–Kier alpha value is -1.41. The zero-order valence-electron chi connectivity index (χ0n) is 9.69. The van der Waals surface area contributed by atoms with Crippen LogP contribution in [-0.2, 0) is 10.0 Å². The summed E-state index contributed by atoms with van der Waals surface area (Å²) in [5.74, 6) is 0. The van der Waals surface area contributed by atoms with Gasteiger partial charge in [0, 0.05) is 21.4 Å². The highest BCUT2D eigenvalue weighted by atomic mass is 127. The molecule has 0 fully saturated rings. The molecule has 3 rings (SSSR count). The van der Waals surface area contributed by atoms with E-state index < -0.39 is 10.0 Å². The van der Waals surface area contributed by atoms with Gasteiger partial charge in [0.2, 0.25) is 0 Å². The third-order valence-corrected chi connectivity index (χ3v) is 5.31. The Balaban J connectivity index is 2.31. The van der Waals surface area contributed by atoms with Gasteiger partial charge in [0.25, 0.3) is 10.0 Å². The molecule has 0 amide bonds. The monoisotopic (exact) mass is 384 g/mol. The highest BCUT2D eigenvalue weighted by molar-refractivity contribution is 14.1. The van der Waals surface area contributed by atoms with Crippen molar-refractivity contribution in [1.29, 1.82) is 0 Å². The Morgan fingerprint density at radius 1 is 1.05 bits per heavy atom. The summed E-state index contributed by atoms with van der Waals surface area (Å²) in [6, 6.07) is 12.0. The standard InChI is InChI=1S/C13H9IN2O2S/c14-12-9-16(13-11(12)7-4-8-15-13)19(17,18)10-5-2-1-3-6-10/h1-9H. The lowest BCUT2D eigenvalue weighted by molar-refractivity contribution is 0.588. The highest BCUT2D eigenvalue weighted by Gasteiger charge is 2.20. The number of hydrogen-bond acceptors (Lipinski definition) is 3. The number of pyridine rings is 1. The fourth-order valence-corrected chi connectivity index (χ4v) is 4.12. The molecule has 4 nitrogen and oxygen atoms in total. The van der Waals surface area contributed by atoms with Gasteiger partial charge in [-0.2, -0.15) is 0 Å². The second-order valence-electron chi connectivity index (χ2n) is 3.97. The minimum atomic E-state index is -3.60. The van der Waals surface area contributed by atoms with Gasteiger partial charge in [-0.15, -0.1) is 0 Å². The fourth-order valence-electron chi connectivity index (χ4n) is 1.88. The number of rotatable bonds is 2. The van der Waals surface area contributed by atoms with Crippen LogP contribution in [0.25, 0.3) is 11.0 Å². The maximum Gasteiger partial charge on any atom is 0.269 e. The van der Waals surface area contributed by atoms with Gasteiger partial charge in [0.15, 0.2) is 5.65 Å². The minimum Gasteiger partial charge on any atom is -0.237 e. The average molecular weight is 384 g/mol. The van der Waals surface area contributed by atoms with Crippen molar-refractivity contribution in [3.63, 3.8) is 0 Å². The Labute approximate surface area is 124 Å². The molecule has 0 aliphatic carbocycles. The number of halogens is 1. The molecule has 6 heteroatoms. The summed E-state index contributed by atoms with van der Waals surface area (Å²) in [6.45, 7) is 0. The van der Waals surface area contributed by atoms with Crippen LogP contribution < -0.4 is 0 Å². The Kier molecular flexibility index (Phi) is 3.06. The van der Waals surface area contributed by atoms with Gasteiger partial charge in [-0.05, 0) is 46.9 Å². The van der Waals surface area contributed by atoms with Crippen LogP contribution in [0.1, 0.15) is 0 Å². The van der Waals surface area contributed by atoms with Crippen LogP contribution in [0, 0.1) is 3.57 Å². The molecular formula is C13H9IN2O2S. The van der Waals surface area contributed by atoms with E-state index in [0.717, 1.165) is 8.96 Å². The van der Waals surface area contributed by atoms with Crippen molar-refractivity contribution in [3.8, 4) is 0 Å². The van der Waals surface area contributed by atoms with Gasteiger partial charge in [0.1, 0.15) is 0 Å². The molecule has 96 valence electrons.